The first-order chi connectivity index (χ1) is 9.11. The largest absolute Gasteiger partial charge is 0.302 e. The van der Waals surface area contributed by atoms with E-state index in [1.165, 1.54) is 17.3 Å². The smallest absolute Gasteiger partial charge is 0.194 e. The SMILES string of the molecule is C=C/C=C(/C)SC(=O)CCN(C)Cc1ccccc1. The molecule has 0 aromatic heterocycles. The lowest BCUT2D eigenvalue weighted by molar-refractivity contribution is -0.111. The van der Waals surface area contributed by atoms with Crippen LogP contribution in [0.2, 0.25) is 0 Å². The minimum atomic E-state index is 0.204. The van der Waals surface area contributed by atoms with Gasteiger partial charge in [-0.3, -0.25) is 4.79 Å². The minimum absolute atomic E-state index is 0.204. The fourth-order valence-corrected chi connectivity index (χ4v) is 2.40. The molecule has 0 amide bonds. The molecule has 1 rings (SSSR count). The van der Waals surface area contributed by atoms with Gasteiger partial charge in [0.05, 0.1) is 0 Å². The summed E-state index contributed by atoms with van der Waals surface area (Å²) in [6.45, 7) is 7.20. The summed E-state index contributed by atoms with van der Waals surface area (Å²) >= 11 is 1.30. The standard InChI is InChI=1S/C16H21NOS/c1-4-8-14(2)19-16(18)11-12-17(3)13-15-9-6-5-7-10-15/h4-10H,1,11-13H2,2-3H3/b14-8-. The van der Waals surface area contributed by atoms with Gasteiger partial charge in [-0.15, -0.1) is 0 Å². The lowest BCUT2D eigenvalue weighted by Crippen LogP contribution is -2.20. The maximum Gasteiger partial charge on any atom is 0.194 e. The summed E-state index contributed by atoms with van der Waals surface area (Å²) in [4.78, 5) is 14.9. The third-order valence-electron chi connectivity index (χ3n) is 2.62. The highest BCUT2D eigenvalue weighted by molar-refractivity contribution is 8.16. The number of hydrogen-bond acceptors (Lipinski definition) is 3. The Bertz CT molecular complexity index is 439. The molecule has 0 spiro atoms. The Labute approximate surface area is 120 Å². The molecule has 0 atom stereocenters. The van der Waals surface area contributed by atoms with Crippen molar-refractivity contribution in [1.82, 2.24) is 4.90 Å². The van der Waals surface area contributed by atoms with Crippen LogP contribution >= 0.6 is 11.8 Å². The summed E-state index contributed by atoms with van der Waals surface area (Å²) in [5.41, 5.74) is 1.27. The molecule has 0 aliphatic heterocycles. The van der Waals surface area contributed by atoms with E-state index < -0.39 is 0 Å². The van der Waals surface area contributed by atoms with E-state index in [-0.39, 0.29) is 5.12 Å². The second-order valence-electron chi connectivity index (χ2n) is 4.46. The Morgan fingerprint density at radius 3 is 2.68 bits per heavy atom. The number of nitrogens with zero attached hydrogens (tertiary/aromatic N) is 1. The van der Waals surface area contributed by atoms with Crippen LogP contribution in [0.5, 0.6) is 0 Å². The van der Waals surface area contributed by atoms with Gasteiger partial charge in [-0.2, -0.15) is 0 Å². The lowest BCUT2D eigenvalue weighted by atomic mass is 10.2. The normalized spacial score (nSPS) is 11.6. The lowest BCUT2D eigenvalue weighted by Gasteiger charge is -2.15. The Morgan fingerprint density at radius 1 is 1.37 bits per heavy atom. The van der Waals surface area contributed by atoms with Crippen LogP contribution in [0.1, 0.15) is 18.9 Å². The van der Waals surface area contributed by atoms with E-state index in [2.05, 4.69) is 23.6 Å². The van der Waals surface area contributed by atoms with Gasteiger partial charge in [-0.25, -0.2) is 0 Å². The molecule has 0 fully saturated rings. The zero-order valence-corrected chi connectivity index (χ0v) is 12.5. The minimum Gasteiger partial charge on any atom is -0.302 e. The van der Waals surface area contributed by atoms with Gasteiger partial charge in [0.25, 0.3) is 0 Å². The maximum absolute atomic E-state index is 11.7. The highest BCUT2D eigenvalue weighted by Gasteiger charge is 2.06. The van der Waals surface area contributed by atoms with E-state index in [4.69, 9.17) is 0 Å². The number of rotatable bonds is 7. The molecule has 0 bridgehead atoms. The second-order valence-corrected chi connectivity index (χ2v) is 5.76. The Hall–Kier alpha value is -1.32. The molecule has 0 saturated heterocycles. The van der Waals surface area contributed by atoms with Crippen LogP contribution in [-0.2, 0) is 11.3 Å². The Morgan fingerprint density at radius 2 is 2.05 bits per heavy atom. The molecule has 0 aliphatic rings. The molecule has 102 valence electrons. The topological polar surface area (TPSA) is 20.3 Å². The number of hydrogen-bond donors (Lipinski definition) is 0. The molecule has 19 heavy (non-hydrogen) atoms. The van der Waals surface area contributed by atoms with Crippen molar-refractivity contribution >= 4 is 16.9 Å². The van der Waals surface area contributed by atoms with Crippen molar-refractivity contribution in [3.8, 4) is 0 Å². The van der Waals surface area contributed by atoms with Gasteiger partial charge in [0.15, 0.2) is 5.12 Å². The van der Waals surface area contributed by atoms with Crippen molar-refractivity contribution in [2.24, 2.45) is 0 Å². The summed E-state index contributed by atoms with van der Waals surface area (Å²) in [5, 5.41) is 0.204. The van der Waals surface area contributed by atoms with Crippen molar-refractivity contribution in [3.63, 3.8) is 0 Å². The van der Waals surface area contributed by atoms with Crippen LogP contribution in [0, 0.1) is 0 Å². The van der Waals surface area contributed by atoms with Crippen LogP contribution < -0.4 is 0 Å². The average molecular weight is 275 g/mol. The van der Waals surface area contributed by atoms with Crippen LogP contribution in [-0.4, -0.2) is 23.6 Å². The van der Waals surface area contributed by atoms with Crippen LogP contribution in [0.3, 0.4) is 0 Å². The molecular formula is C16H21NOS. The fraction of sp³-hybridized carbons (Fsp3) is 0.312. The molecule has 0 N–H and O–H groups in total. The van der Waals surface area contributed by atoms with Gasteiger partial charge < -0.3 is 4.90 Å². The third kappa shape index (κ3) is 6.99. The molecule has 0 aliphatic carbocycles. The monoisotopic (exact) mass is 275 g/mol. The van der Waals surface area contributed by atoms with Gasteiger partial charge >= 0.3 is 0 Å². The number of allylic oxidation sites excluding steroid dienone is 3. The van der Waals surface area contributed by atoms with Crippen LogP contribution in [0.4, 0.5) is 0 Å². The molecule has 0 saturated carbocycles. The van der Waals surface area contributed by atoms with Gasteiger partial charge in [0, 0.05) is 19.5 Å². The summed E-state index contributed by atoms with van der Waals surface area (Å²) in [6.07, 6.45) is 4.13. The van der Waals surface area contributed by atoms with Crippen LogP contribution in [0.15, 0.2) is 54.0 Å². The predicted molar refractivity (Wildman–Crippen MR) is 83.9 cm³/mol. The quantitative estimate of drug-likeness (QED) is 0.705. The van der Waals surface area contributed by atoms with Gasteiger partial charge in [0.2, 0.25) is 0 Å². The number of benzene rings is 1. The van der Waals surface area contributed by atoms with E-state index in [1.54, 1.807) is 6.08 Å². The van der Waals surface area contributed by atoms with Gasteiger partial charge in [0.1, 0.15) is 0 Å². The number of carbonyl (C=O) groups is 1. The molecule has 0 radical (unpaired) electrons. The van der Waals surface area contributed by atoms with Crippen molar-refractivity contribution in [2.45, 2.75) is 19.9 Å². The number of thioether (sulfide) groups is 1. The fourth-order valence-electron chi connectivity index (χ4n) is 1.69. The highest BCUT2D eigenvalue weighted by Crippen LogP contribution is 2.17. The zero-order valence-electron chi connectivity index (χ0n) is 11.6. The average Bonchev–Trinajstić information content (AvgIpc) is 2.38. The van der Waals surface area contributed by atoms with Gasteiger partial charge in [-0.05, 0) is 24.4 Å². The predicted octanol–water partition coefficient (Wildman–Crippen LogP) is 3.86. The molecular weight excluding hydrogens is 254 g/mol. The van der Waals surface area contributed by atoms with E-state index in [0.717, 1.165) is 18.0 Å². The molecule has 1 aromatic carbocycles. The van der Waals surface area contributed by atoms with Gasteiger partial charge in [-0.1, -0.05) is 60.8 Å². The molecule has 0 unspecified atom stereocenters. The van der Waals surface area contributed by atoms with Crippen LogP contribution in [0.25, 0.3) is 0 Å². The first-order valence-electron chi connectivity index (χ1n) is 6.34. The zero-order chi connectivity index (χ0) is 14.1. The first-order valence-corrected chi connectivity index (χ1v) is 7.16. The molecule has 3 heteroatoms. The van der Waals surface area contributed by atoms with Crippen molar-refractivity contribution < 1.29 is 4.79 Å². The summed E-state index contributed by atoms with van der Waals surface area (Å²) < 4.78 is 0. The Balaban J connectivity index is 2.30. The highest BCUT2D eigenvalue weighted by atomic mass is 32.2. The summed E-state index contributed by atoms with van der Waals surface area (Å²) in [6, 6.07) is 10.3. The first kappa shape index (κ1) is 15.7. The summed E-state index contributed by atoms with van der Waals surface area (Å²) in [7, 11) is 2.04. The van der Waals surface area contributed by atoms with Crippen molar-refractivity contribution in [2.75, 3.05) is 13.6 Å². The van der Waals surface area contributed by atoms with E-state index in [0.29, 0.717) is 6.42 Å². The van der Waals surface area contributed by atoms with E-state index in [1.807, 2.05) is 38.2 Å². The number of carbonyl (C=O) groups excluding carboxylic acids is 1. The summed E-state index contributed by atoms with van der Waals surface area (Å²) in [5.74, 6) is 0. The van der Waals surface area contributed by atoms with E-state index >= 15 is 0 Å². The molecule has 0 heterocycles. The molecule has 1 aromatic rings. The van der Waals surface area contributed by atoms with Crippen molar-refractivity contribution in [1.29, 1.82) is 0 Å². The molecule has 2 nitrogen and oxygen atoms in total. The third-order valence-corrected chi connectivity index (χ3v) is 3.51. The maximum atomic E-state index is 11.7. The Kier molecular flexibility index (Phi) is 7.23. The van der Waals surface area contributed by atoms with E-state index in [9.17, 15) is 4.79 Å². The van der Waals surface area contributed by atoms with Crippen molar-refractivity contribution in [3.05, 3.63) is 59.5 Å². The second kappa shape index (κ2) is 8.73.